The van der Waals surface area contributed by atoms with Crippen LogP contribution in [0.25, 0.3) is 0 Å². The number of benzene rings is 4. The third-order valence-corrected chi connectivity index (χ3v) is 13.0. The monoisotopic (exact) mass is 1100 g/mol. The molecule has 0 heterocycles. The van der Waals surface area contributed by atoms with Crippen LogP contribution >= 0.6 is 0 Å². The molecule has 3 N–H and O–H groups in total. The van der Waals surface area contributed by atoms with Crippen LogP contribution in [-0.2, 0) is 86.2 Å². The molecular formula is C58H60N2O18S. The molecule has 2 amide bonds. The number of amides is 2. The number of allylic oxidation sites excluding steroid dienone is 2. The van der Waals surface area contributed by atoms with Crippen molar-refractivity contribution >= 4 is 63.2 Å². The summed E-state index contributed by atoms with van der Waals surface area (Å²) in [5.74, 6) is -4.34. The highest BCUT2D eigenvalue weighted by Gasteiger charge is 2.41. The van der Waals surface area contributed by atoms with Gasteiger partial charge in [0.15, 0.2) is 0 Å². The van der Waals surface area contributed by atoms with Crippen molar-refractivity contribution in [3.8, 4) is 11.5 Å². The van der Waals surface area contributed by atoms with Gasteiger partial charge in [-0.3, -0.25) is 10.6 Å². The molecule has 79 heavy (non-hydrogen) atoms. The molecule has 0 aliphatic carbocycles. The summed E-state index contributed by atoms with van der Waals surface area (Å²) >= 11 is 0. The van der Waals surface area contributed by atoms with Crippen LogP contribution in [0.15, 0.2) is 183 Å². The van der Waals surface area contributed by atoms with Crippen LogP contribution in [0.1, 0.15) is 22.3 Å². The first-order valence-electron chi connectivity index (χ1n) is 23.8. The van der Waals surface area contributed by atoms with E-state index in [1.54, 1.807) is 60.7 Å². The van der Waals surface area contributed by atoms with E-state index in [-0.39, 0.29) is 34.1 Å². The van der Waals surface area contributed by atoms with E-state index < -0.39 is 116 Å². The summed E-state index contributed by atoms with van der Waals surface area (Å²) in [5, 5.41) is 15.4. The highest BCUT2D eigenvalue weighted by molar-refractivity contribution is 7.91. The minimum Gasteiger partial charge on any atom is -0.508 e. The molecule has 0 aliphatic rings. The van der Waals surface area contributed by atoms with Gasteiger partial charge in [-0.25, -0.2) is 42.0 Å². The second-order valence-corrected chi connectivity index (χ2v) is 19.3. The first-order chi connectivity index (χ1) is 37.7. The summed E-state index contributed by atoms with van der Waals surface area (Å²) in [7, 11) is -4.02. The number of ether oxygens (including phenoxy) is 8. The van der Waals surface area contributed by atoms with Crippen molar-refractivity contribution in [3.63, 3.8) is 0 Å². The first kappa shape index (κ1) is 62.2. The lowest BCUT2D eigenvalue weighted by Crippen LogP contribution is -2.47. The van der Waals surface area contributed by atoms with Crippen molar-refractivity contribution in [2.45, 2.75) is 29.1 Å². The molecular weight excluding hydrogens is 1040 g/mol. The van der Waals surface area contributed by atoms with Gasteiger partial charge in [0, 0.05) is 47.3 Å². The van der Waals surface area contributed by atoms with E-state index in [9.17, 15) is 47.1 Å². The third kappa shape index (κ3) is 19.6. The molecule has 4 rings (SSSR count). The van der Waals surface area contributed by atoms with E-state index in [1.807, 2.05) is 0 Å². The van der Waals surface area contributed by atoms with Crippen LogP contribution in [0.3, 0.4) is 0 Å². The molecule has 0 aliphatic heterocycles. The third-order valence-electron chi connectivity index (χ3n) is 11.2. The SMILES string of the molecule is C=CCc1cc(S(=O)(=O)c2ccc(OC(=O)Nc3ccc(Cc4ccc(NC(=O)OCC(COCC(COC(=O)C=C)(COC(=O)C=C)COC(=O)C=C)(COC(=O)C=C)COC(=O)C=C)cc4)cc3)c(CC=C)c2)ccc1O. The summed E-state index contributed by atoms with van der Waals surface area (Å²) in [6.45, 7) is 19.8. The van der Waals surface area contributed by atoms with Gasteiger partial charge in [-0.05, 0) is 96.6 Å². The summed E-state index contributed by atoms with van der Waals surface area (Å²) in [4.78, 5) is 87.4. The molecule has 0 atom stereocenters. The largest absolute Gasteiger partial charge is 0.508 e. The molecule has 20 nitrogen and oxygen atoms in total. The van der Waals surface area contributed by atoms with Crippen molar-refractivity contribution in [1.29, 1.82) is 0 Å². The summed E-state index contributed by atoms with van der Waals surface area (Å²) in [6.07, 6.45) is 6.54. The van der Waals surface area contributed by atoms with Crippen molar-refractivity contribution < 1.29 is 85.0 Å². The lowest BCUT2D eigenvalue weighted by atomic mass is 9.90. The molecule has 0 radical (unpaired) electrons. The Morgan fingerprint density at radius 1 is 0.468 bits per heavy atom. The minimum atomic E-state index is -4.02. The Morgan fingerprint density at radius 3 is 1.24 bits per heavy atom. The molecule has 0 saturated heterocycles. The van der Waals surface area contributed by atoms with Gasteiger partial charge in [0.05, 0.1) is 33.8 Å². The molecule has 21 heteroatoms. The maximum absolute atomic E-state index is 13.6. The van der Waals surface area contributed by atoms with Crippen LogP contribution in [-0.4, -0.2) is 108 Å². The summed E-state index contributed by atoms with van der Waals surface area (Å²) in [6, 6.07) is 21.8. The van der Waals surface area contributed by atoms with Crippen LogP contribution in [0.5, 0.6) is 11.5 Å². The van der Waals surface area contributed by atoms with Crippen LogP contribution < -0.4 is 15.4 Å². The molecule has 416 valence electrons. The fourth-order valence-electron chi connectivity index (χ4n) is 6.98. The van der Waals surface area contributed by atoms with Crippen LogP contribution in [0.2, 0.25) is 0 Å². The number of nitrogens with one attached hydrogen (secondary N) is 2. The number of hydrogen-bond donors (Lipinski definition) is 3. The predicted molar refractivity (Wildman–Crippen MR) is 290 cm³/mol. The highest BCUT2D eigenvalue weighted by atomic mass is 32.2. The number of phenols is 1. The van der Waals surface area contributed by atoms with Gasteiger partial charge >= 0.3 is 42.0 Å². The van der Waals surface area contributed by atoms with Gasteiger partial charge in [0.2, 0.25) is 9.84 Å². The predicted octanol–water partition coefficient (Wildman–Crippen LogP) is 8.07. The summed E-state index contributed by atoms with van der Waals surface area (Å²) < 4.78 is 70.8. The van der Waals surface area contributed by atoms with Crippen LogP contribution in [0.4, 0.5) is 21.0 Å². The summed E-state index contributed by atoms with van der Waals surface area (Å²) in [5.41, 5.74) is -0.0306. The molecule has 4 aromatic carbocycles. The molecule has 0 saturated carbocycles. The van der Waals surface area contributed by atoms with Gasteiger partial charge in [-0.2, -0.15) is 0 Å². The van der Waals surface area contributed by atoms with E-state index in [4.69, 9.17) is 37.9 Å². The number of carbonyl (C=O) groups excluding carboxylic acids is 7. The van der Waals surface area contributed by atoms with Gasteiger partial charge in [0.25, 0.3) is 0 Å². The Bertz CT molecular complexity index is 2950. The second-order valence-electron chi connectivity index (χ2n) is 17.4. The average molecular weight is 1110 g/mol. The van der Waals surface area contributed by atoms with Gasteiger partial charge in [-0.1, -0.05) is 69.3 Å². The Morgan fingerprint density at radius 2 is 0.835 bits per heavy atom. The van der Waals surface area contributed by atoms with Crippen molar-refractivity contribution in [2.75, 3.05) is 63.5 Å². The van der Waals surface area contributed by atoms with Gasteiger partial charge in [-0.15, -0.1) is 13.2 Å². The number of carbonyl (C=O) groups is 7. The molecule has 0 spiro atoms. The minimum absolute atomic E-state index is 0.0247. The molecule has 0 bridgehead atoms. The maximum atomic E-state index is 13.6. The Labute approximate surface area is 457 Å². The first-order valence-corrected chi connectivity index (χ1v) is 25.3. The van der Waals surface area contributed by atoms with Gasteiger partial charge in [0.1, 0.15) is 51.1 Å². The lowest BCUT2D eigenvalue weighted by molar-refractivity contribution is -0.166. The number of sulfone groups is 1. The fraction of sp³-hybridized carbons (Fsp3) is 0.224. The second kappa shape index (κ2) is 30.4. The lowest BCUT2D eigenvalue weighted by Gasteiger charge is -2.35. The van der Waals surface area contributed by atoms with E-state index in [1.165, 1.54) is 36.4 Å². The van der Waals surface area contributed by atoms with Crippen molar-refractivity contribution in [1.82, 2.24) is 0 Å². The zero-order chi connectivity index (χ0) is 58.0. The number of esters is 5. The molecule has 0 fully saturated rings. The normalized spacial score (nSPS) is 11.0. The van der Waals surface area contributed by atoms with E-state index in [0.717, 1.165) is 41.5 Å². The molecule has 0 aromatic heterocycles. The van der Waals surface area contributed by atoms with Crippen LogP contribution in [0, 0.1) is 10.8 Å². The topological polar surface area (TPSA) is 272 Å². The average Bonchev–Trinajstić information content (AvgIpc) is 3.50. The number of phenolic OH excluding ortho intramolecular Hbond substituents is 1. The Balaban J connectivity index is 1.43. The maximum Gasteiger partial charge on any atom is 0.417 e. The van der Waals surface area contributed by atoms with E-state index in [2.05, 4.69) is 56.7 Å². The number of rotatable bonds is 32. The zero-order valence-corrected chi connectivity index (χ0v) is 44.0. The van der Waals surface area contributed by atoms with E-state index in [0.29, 0.717) is 28.9 Å². The molecule has 4 aromatic rings. The zero-order valence-electron chi connectivity index (χ0n) is 43.1. The highest BCUT2D eigenvalue weighted by Crippen LogP contribution is 2.31. The molecule has 0 unspecified atom stereocenters. The van der Waals surface area contributed by atoms with Crippen molar-refractivity contribution in [3.05, 3.63) is 196 Å². The van der Waals surface area contributed by atoms with Gasteiger partial charge < -0.3 is 43.0 Å². The standard InChI is InChI=1S/C58H60N2O18S/c1-8-15-42-30-46(25-27-48(42)61)79(69,70)47-26-28-49(43(31-47)16-9-2)78-56(68)60-45-23-19-41(20-24-45)29-40-17-21-44(22-18-40)59-55(67)77-39-58(37-75-53(65)13-6,38-76-54(66)14-7)33-71-32-57(34-72-50(62)10-3,35-73-51(63)11-4)36-74-52(64)12-5/h8-14,17-28,30-31,61H,1-7,15-16,29,32-39H2,(H,59,67)(H,60,68). The quantitative estimate of drug-likeness (QED) is 0.0180. The van der Waals surface area contributed by atoms with Crippen molar-refractivity contribution in [2.24, 2.45) is 10.8 Å². The number of hydrogen-bond acceptors (Lipinski definition) is 18. The smallest absolute Gasteiger partial charge is 0.417 e. The fourth-order valence-corrected chi connectivity index (χ4v) is 8.35. The Hall–Kier alpha value is -9.34. The van der Waals surface area contributed by atoms with E-state index >= 15 is 0 Å². The number of anilines is 2. The Kier molecular flexibility index (Phi) is 23.9. The number of aromatic hydroxyl groups is 1.